The third kappa shape index (κ3) is 5.23. The van der Waals surface area contributed by atoms with Crippen LogP contribution in [0.4, 0.5) is 27.6 Å². The summed E-state index contributed by atoms with van der Waals surface area (Å²) in [6, 6.07) is 6.75. The minimum Gasteiger partial charge on any atom is -0.322 e. The molecule has 0 bridgehead atoms. The summed E-state index contributed by atoms with van der Waals surface area (Å²) in [7, 11) is -4.38. The highest BCUT2D eigenvalue weighted by Crippen LogP contribution is 2.18. The topological polar surface area (TPSA) is 75.3 Å². The Morgan fingerprint density at radius 2 is 1.58 bits per heavy atom. The molecule has 0 aromatic heterocycles. The minimum atomic E-state index is -4.70. The van der Waals surface area contributed by atoms with E-state index < -0.39 is 45.2 Å². The molecular formula is C15H11F5N2O3S. The molecule has 0 unspecified atom stereocenters. The lowest BCUT2D eigenvalue weighted by atomic mass is 10.2. The van der Waals surface area contributed by atoms with E-state index in [4.69, 9.17) is 0 Å². The van der Waals surface area contributed by atoms with E-state index in [1.54, 1.807) is 0 Å². The predicted molar refractivity (Wildman–Crippen MR) is 82.0 cm³/mol. The molecule has 5 nitrogen and oxygen atoms in total. The number of alkyl halides is 3. The Bertz CT molecular complexity index is 912. The molecule has 2 rings (SSSR count). The van der Waals surface area contributed by atoms with Crippen LogP contribution in [0.1, 0.15) is 10.4 Å². The van der Waals surface area contributed by atoms with Gasteiger partial charge < -0.3 is 5.32 Å². The molecule has 2 aromatic carbocycles. The van der Waals surface area contributed by atoms with Crippen LogP contribution in [0.2, 0.25) is 0 Å². The number of hydrogen-bond acceptors (Lipinski definition) is 3. The SMILES string of the molecule is O=C(Nc1ccc(S(=O)(=O)NCC(F)(F)F)cc1)c1ccc(F)c(F)c1. The molecule has 11 heteroatoms. The van der Waals surface area contributed by atoms with E-state index in [0.717, 1.165) is 36.4 Å². The van der Waals surface area contributed by atoms with Crippen molar-refractivity contribution in [2.24, 2.45) is 0 Å². The van der Waals surface area contributed by atoms with Crippen LogP contribution in [0.25, 0.3) is 0 Å². The molecule has 26 heavy (non-hydrogen) atoms. The Hall–Kier alpha value is -2.53. The van der Waals surface area contributed by atoms with Gasteiger partial charge in [-0.1, -0.05) is 0 Å². The van der Waals surface area contributed by atoms with Gasteiger partial charge in [0, 0.05) is 11.3 Å². The largest absolute Gasteiger partial charge is 0.402 e. The molecule has 0 atom stereocenters. The van der Waals surface area contributed by atoms with Crippen LogP contribution in [-0.4, -0.2) is 27.0 Å². The van der Waals surface area contributed by atoms with E-state index in [2.05, 4.69) is 5.32 Å². The van der Waals surface area contributed by atoms with Crippen molar-refractivity contribution in [3.8, 4) is 0 Å². The number of hydrogen-bond donors (Lipinski definition) is 2. The summed E-state index contributed by atoms with van der Waals surface area (Å²) >= 11 is 0. The van der Waals surface area contributed by atoms with Gasteiger partial charge in [0.15, 0.2) is 11.6 Å². The Morgan fingerprint density at radius 3 is 2.12 bits per heavy atom. The number of sulfonamides is 1. The van der Waals surface area contributed by atoms with E-state index in [-0.39, 0.29) is 11.3 Å². The molecule has 0 fully saturated rings. The molecule has 1 amide bonds. The van der Waals surface area contributed by atoms with Gasteiger partial charge in [-0.15, -0.1) is 0 Å². The number of anilines is 1. The van der Waals surface area contributed by atoms with Crippen LogP contribution in [0.3, 0.4) is 0 Å². The van der Waals surface area contributed by atoms with Crippen molar-refractivity contribution in [3.63, 3.8) is 0 Å². The monoisotopic (exact) mass is 394 g/mol. The first kappa shape index (κ1) is 19.8. The molecule has 0 saturated carbocycles. The van der Waals surface area contributed by atoms with Gasteiger partial charge in [0.1, 0.15) is 6.54 Å². The zero-order valence-corrected chi connectivity index (χ0v) is 13.6. The van der Waals surface area contributed by atoms with E-state index in [0.29, 0.717) is 6.07 Å². The van der Waals surface area contributed by atoms with Crippen molar-refractivity contribution in [1.82, 2.24) is 4.72 Å². The average molecular weight is 394 g/mol. The normalized spacial score (nSPS) is 12.0. The molecule has 0 aliphatic carbocycles. The lowest BCUT2D eigenvalue weighted by Crippen LogP contribution is -2.33. The molecule has 2 aromatic rings. The predicted octanol–water partition coefficient (Wildman–Crippen LogP) is 3.06. The molecule has 2 N–H and O–H groups in total. The summed E-state index contributed by atoms with van der Waals surface area (Å²) in [4.78, 5) is 11.5. The Balaban J connectivity index is 2.09. The van der Waals surface area contributed by atoms with Crippen molar-refractivity contribution in [3.05, 3.63) is 59.7 Å². The number of amides is 1. The van der Waals surface area contributed by atoms with Gasteiger partial charge in [-0.25, -0.2) is 21.9 Å². The second-order valence-corrected chi connectivity index (χ2v) is 6.81. The number of benzene rings is 2. The molecular weight excluding hydrogens is 383 g/mol. The highest BCUT2D eigenvalue weighted by Gasteiger charge is 2.30. The maximum Gasteiger partial charge on any atom is 0.402 e. The van der Waals surface area contributed by atoms with Gasteiger partial charge in [-0.2, -0.15) is 13.2 Å². The standard InChI is InChI=1S/C15H11F5N2O3S/c16-12-6-1-9(7-13(12)17)14(23)22-10-2-4-11(5-3-10)26(24,25)21-8-15(18,19)20/h1-7,21H,8H2,(H,22,23). The molecule has 0 aliphatic rings. The lowest BCUT2D eigenvalue weighted by Gasteiger charge is -2.10. The van der Waals surface area contributed by atoms with Crippen LogP contribution < -0.4 is 10.0 Å². The van der Waals surface area contributed by atoms with Crippen LogP contribution in [-0.2, 0) is 10.0 Å². The second-order valence-electron chi connectivity index (χ2n) is 5.05. The fraction of sp³-hybridized carbons (Fsp3) is 0.133. The number of rotatable bonds is 5. The summed E-state index contributed by atoms with van der Waals surface area (Å²) in [5, 5.41) is 2.32. The molecule has 0 radical (unpaired) electrons. The van der Waals surface area contributed by atoms with Crippen LogP contribution >= 0.6 is 0 Å². The minimum absolute atomic E-state index is 0.106. The van der Waals surface area contributed by atoms with Gasteiger partial charge in [0.2, 0.25) is 10.0 Å². The van der Waals surface area contributed by atoms with Crippen molar-refractivity contribution in [2.45, 2.75) is 11.1 Å². The van der Waals surface area contributed by atoms with Crippen molar-refractivity contribution < 1.29 is 35.2 Å². The number of carbonyl (C=O) groups excluding carboxylic acids is 1. The second kappa shape index (κ2) is 7.38. The van der Waals surface area contributed by atoms with E-state index in [1.165, 1.54) is 4.72 Å². The summed E-state index contributed by atoms with van der Waals surface area (Å²) in [6.45, 7) is -1.72. The van der Waals surface area contributed by atoms with Crippen molar-refractivity contribution >= 4 is 21.6 Å². The first-order valence-corrected chi connectivity index (χ1v) is 8.39. The maximum absolute atomic E-state index is 13.1. The lowest BCUT2D eigenvalue weighted by molar-refractivity contribution is -0.121. The highest BCUT2D eigenvalue weighted by molar-refractivity contribution is 7.89. The van der Waals surface area contributed by atoms with E-state index in [1.807, 2.05) is 0 Å². The molecule has 140 valence electrons. The molecule has 0 heterocycles. The Morgan fingerprint density at radius 1 is 0.962 bits per heavy atom. The summed E-state index contributed by atoms with van der Waals surface area (Å²) in [6.07, 6.45) is -4.70. The quantitative estimate of drug-likeness (QED) is 0.766. The number of halogens is 5. The molecule has 0 spiro atoms. The van der Waals surface area contributed by atoms with E-state index >= 15 is 0 Å². The van der Waals surface area contributed by atoms with Gasteiger partial charge in [0.25, 0.3) is 5.91 Å². The third-order valence-electron chi connectivity index (χ3n) is 3.07. The first-order valence-electron chi connectivity index (χ1n) is 6.91. The van der Waals surface area contributed by atoms with Crippen LogP contribution in [0.5, 0.6) is 0 Å². The van der Waals surface area contributed by atoms with Gasteiger partial charge in [-0.05, 0) is 42.5 Å². The van der Waals surface area contributed by atoms with Gasteiger partial charge in [0.05, 0.1) is 4.90 Å². The maximum atomic E-state index is 13.1. The van der Waals surface area contributed by atoms with Gasteiger partial charge in [-0.3, -0.25) is 4.79 Å². The zero-order chi connectivity index (χ0) is 19.5. The average Bonchev–Trinajstić information content (AvgIpc) is 2.55. The number of carbonyl (C=O) groups is 1. The zero-order valence-electron chi connectivity index (χ0n) is 12.8. The number of nitrogens with one attached hydrogen (secondary N) is 2. The highest BCUT2D eigenvalue weighted by atomic mass is 32.2. The molecule has 0 aliphatic heterocycles. The summed E-state index contributed by atoms with van der Waals surface area (Å²) in [5.74, 6) is -3.12. The smallest absolute Gasteiger partial charge is 0.322 e. The fourth-order valence-corrected chi connectivity index (χ4v) is 2.83. The van der Waals surface area contributed by atoms with Crippen LogP contribution in [0.15, 0.2) is 47.4 Å². The van der Waals surface area contributed by atoms with Crippen molar-refractivity contribution in [2.75, 3.05) is 11.9 Å². The van der Waals surface area contributed by atoms with E-state index in [9.17, 15) is 35.2 Å². The van der Waals surface area contributed by atoms with Crippen molar-refractivity contribution in [1.29, 1.82) is 0 Å². The first-order chi connectivity index (χ1) is 12.0. The van der Waals surface area contributed by atoms with Crippen LogP contribution in [0, 0.1) is 11.6 Å². The summed E-state index contributed by atoms with van der Waals surface area (Å²) in [5.41, 5.74) is -0.0676. The Labute approximate surface area is 144 Å². The molecule has 0 saturated heterocycles. The Kier molecular flexibility index (Phi) is 5.62. The summed E-state index contributed by atoms with van der Waals surface area (Å²) < 4.78 is 87.1. The third-order valence-corrected chi connectivity index (χ3v) is 4.48. The van der Waals surface area contributed by atoms with Gasteiger partial charge >= 0.3 is 6.18 Å². The fourth-order valence-electron chi connectivity index (χ4n) is 1.82.